The number of hydrogen-bond donors (Lipinski definition) is 1. The first kappa shape index (κ1) is 12.9. The number of ether oxygens (including phenoxy) is 1. The smallest absolute Gasteiger partial charge is 0.0702 e. The van der Waals surface area contributed by atoms with Gasteiger partial charge in [0.2, 0.25) is 0 Å². The minimum atomic E-state index is 0.504. The SMILES string of the molecule is CCNCCCN(CC)CC1CCCO1. The number of rotatable bonds is 8. The minimum absolute atomic E-state index is 0.504. The normalized spacial score (nSPS) is 21.4. The van der Waals surface area contributed by atoms with Crippen LogP contribution in [0.4, 0.5) is 0 Å². The molecule has 0 aromatic rings. The largest absolute Gasteiger partial charge is 0.377 e. The van der Waals surface area contributed by atoms with E-state index in [0.29, 0.717) is 6.10 Å². The van der Waals surface area contributed by atoms with Crippen molar-refractivity contribution in [3.63, 3.8) is 0 Å². The number of likely N-dealkylation sites (N-methyl/N-ethyl adjacent to an activating group) is 1. The fourth-order valence-electron chi connectivity index (χ4n) is 2.06. The molecular weight excluding hydrogens is 188 g/mol. The summed E-state index contributed by atoms with van der Waals surface area (Å²) >= 11 is 0. The Balaban J connectivity index is 2.06. The Morgan fingerprint density at radius 1 is 1.40 bits per heavy atom. The predicted molar refractivity (Wildman–Crippen MR) is 64.2 cm³/mol. The molecule has 0 saturated carbocycles. The summed E-state index contributed by atoms with van der Waals surface area (Å²) in [5, 5.41) is 3.36. The van der Waals surface area contributed by atoms with Crippen molar-refractivity contribution >= 4 is 0 Å². The van der Waals surface area contributed by atoms with Crippen molar-refractivity contribution in [1.82, 2.24) is 10.2 Å². The van der Waals surface area contributed by atoms with E-state index >= 15 is 0 Å². The second-order valence-corrected chi connectivity index (χ2v) is 4.24. The summed E-state index contributed by atoms with van der Waals surface area (Å²) < 4.78 is 5.66. The van der Waals surface area contributed by atoms with Crippen LogP contribution in [0.5, 0.6) is 0 Å². The van der Waals surface area contributed by atoms with Crippen LogP contribution in [0.3, 0.4) is 0 Å². The van der Waals surface area contributed by atoms with E-state index in [0.717, 1.165) is 32.8 Å². The summed E-state index contributed by atoms with van der Waals surface area (Å²) in [5.74, 6) is 0. The zero-order valence-corrected chi connectivity index (χ0v) is 10.3. The van der Waals surface area contributed by atoms with E-state index in [9.17, 15) is 0 Å². The third-order valence-corrected chi connectivity index (χ3v) is 3.01. The Morgan fingerprint density at radius 2 is 2.27 bits per heavy atom. The molecule has 0 bridgehead atoms. The topological polar surface area (TPSA) is 24.5 Å². The molecule has 0 amide bonds. The van der Waals surface area contributed by atoms with Gasteiger partial charge in [-0.3, -0.25) is 0 Å². The molecule has 3 heteroatoms. The molecule has 0 aromatic carbocycles. The lowest BCUT2D eigenvalue weighted by Crippen LogP contribution is -2.34. The number of hydrogen-bond acceptors (Lipinski definition) is 3. The van der Waals surface area contributed by atoms with E-state index < -0.39 is 0 Å². The lowest BCUT2D eigenvalue weighted by molar-refractivity contribution is 0.0745. The molecule has 1 N–H and O–H groups in total. The third kappa shape index (κ3) is 5.50. The van der Waals surface area contributed by atoms with Gasteiger partial charge in [-0.25, -0.2) is 0 Å². The van der Waals surface area contributed by atoms with Gasteiger partial charge in [0.15, 0.2) is 0 Å². The maximum absolute atomic E-state index is 5.66. The molecule has 0 radical (unpaired) electrons. The monoisotopic (exact) mass is 214 g/mol. The fourth-order valence-corrected chi connectivity index (χ4v) is 2.06. The van der Waals surface area contributed by atoms with E-state index in [1.54, 1.807) is 0 Å². The van der Waals surface area contributed by atoms with Crippen molar-refractivity contribution in [3.8, 4) is 0 Å². The Bertz CT molecular complexity index is 147. The molecule has 1 aliphatic rings. The quantitative estimate of drug-likeness (QED) is 0.620. The van der Waals surface area contributed by atoms with Crippen molar-refractivity contribution in [2.75, 3.05) is 39.3 Å². The second-order valence-electron chi connectivity index (χ2n) is 4.24. The maximum atomic E-state index is 5.66. The highest BCUT2D eigenvalue weighted by atomic mass is 16.5. The zero-order valence-electron chi connectivity index (χ0n) is 10.3. The fraction of sp³-hybridized carbons (Fsp3) is 1.00. The van der Waals surface area contributed by atoms with E-state index in [1.807, 2.05) is 0 Å². The zero-order chi connectivity index (χ0) is 10.9. The molecule has 0 aromatic heterocycles. The van der Waals surface area contributed by atoms with Crippen molar-refractivity contribution in [3.05, 3.63) is 0 Å². The molecule has 90 valence electrons. The first-order chi connectivity index (χ1) is 7.36. The van der Waals surface area contributed by atoms with Gasteiger partial charge in [0.25, 0.3) is 0 Å². The van der Waals surface area contributed by atoms with Gasteiger partial charge in [-0.2, -0.15) is 0 Å². The Labute approximate surface area is 94.2 Å². The lowest BCUT2D eigenvalue weighted by atomic mass is 10.2. The van der Waals surface area contributed by atoms with Crippen molar-refractivity contribution < 1.29 is 4.74 Å². The average molecular weight is 214 g/mol. The van der Waals surface area contributed by atoms with Gasteiger partial charge in [0, 0.05) is 13.2 Å². The van der Waals surface area contributed by atoms with Crippen LogP contribution in [0.25, 0.3) is 0 Å². The molecule has 1 rings (SSSR count). The number of nitrogens with zero attached hydrogens (tertiary/aromatic N) is 1. The molecule has 1 fully saturated rings. The van der Waals surface area contributed by atoms with Crippen LogP contribution >= 0.6 is 0 Å². The first-order valence-corrected chi connectivity index (χ1v) is 6.41. The van der Waals surface area contributed by atoms with Crippen molar-refractivity contribution in [1.29, 1.82) is 0 Å². The Hall–Kier alpha value is -0.120. The van der Waals surface area contributed by atoms with Gasteiger partial charge < -0.3 is 15.0 Å². The predicted octanol–water partition coefficient (Wildman–Crippen LogP) is 1.49. The summed E-state index contributed by atoms with van der Waals surface area (Å²) in [6, 6.07) is 0. The van der Waals surface area contributed by atoms with Crippen molar-refractivity contribution in [2.24, 2.45) is 0 Å². The van der Waals surface area contributed by atoms with Gasteiger partial charge >= 0.3 is 0 Å². The van der Waals surface area contributed by atoms with E-state index in [4.69, 9.17) is 4.74 Å². The van der Waals surface area contributed by atoms with Crippen LogP contribution in [0, 0.1) is 0 Å². The van der Waals surface area contributed by atoms with Gasteiger partial charge in [0.05, 0.1) is 6.10 Å². The van der Waals surface area contributed by atoms with Crippen LogP contribution in [-0.4, -0.2) is 50.3 Å². The van der Waals surface area contributed by atoms with Gasteiger partial charge in [-0.1, -0.05) is 13.8 Å². The number of nitrogens with one attached hydrogen (secondary N) is 1. The summed E-state index contributed by atoms with van der Waals surface area (Å²) in [4.78, 5) is 2.51. The molecule has 1 heterocycles. The third-order valence-electron chi connectivity index (χ3n) is 3.01. The van der Waals surface area contributed by atoms with E-state index in [2.05, 4.69) is 24.1 Å². The molecule has 1 unspecified atom stereocenters. The van der Waals surface area contributed by atoms with Crippen LogP contribution in [0.1, 0.15) is 33.1 Å². The summed E-state index contributed by atoms with van der Waals surface area (Å²) in [6.45, 7) is 11.1. The highest BCUT2D eigenvalue weighted by Gasteiger charge is 2.17. The second kappa shape index (κ2) is 8.08. The Kier molecular flexibility index (Phi) is 6.98. The molecule has 15 heavy (non-hydrogen) atoms. The highest BCUT2D eigenvalue weighted by molar-refractivity contribution is 4.70. The summed E-state index contributed by atoms with van der Waals surface area (Å²) in [7, 11) is 0. The van der Waals surface area contributed by atoms with Crippen LogP contribution in [0.15, 0.2) is 0 Å². The summed E-state index contributed by atoms with van der Waals surface area (Å²) in [5.41, 5.74) is 0. The van der Waals surface area contributed by atoms with E-state index in [-0.39, 0.29) is 0 Å². The van der Waals surface area contributed by atoms with Crippen LogP contribution < -0.4 is 5.32 Å². The minimum Gasteiger partial charge on any atom is -0.377 e. The van der Waals surface area contributed by atoms with Gasteiger partial charge in [-0.05, 0) is 45.4 Å². The van der Waals surface area contributed by atoms with Gasteiger partial charge in [0.1, 0.15) is 0 Å². The van der Waals surface area contributed by atoms with Crippen molar-refractivity contribution in [2.45, 2.75) is 39.2 Å². The molecule has 0 spiro atoms. The van der Waals surface area contributed by atoms with Crippen LogP contribution in [-0.2, 0) is 4.74 Å². The first-order valence-electron chi connectivity index (χ1n) is 6.41. The van der Waals surface area contributed by atoms with Gasteiger partial charge in [-0.15, -0.1) is 0 Å². The summed E-state index contributed by atoms with van der Waals surface area (Å²) in [6.07, 6.45) is 4.25. The highest BCUT2D eigenvalue weighted by Crippen LogP contribution is 2.13. The molecule has 1 saturated heterocycles. The molecule has 1 atom stereocenters. The lowest BCUT2D eigenvalue weighted by Gasteiger charge is -2.23. The average Bonchev–Trinajstić information content (AvgIpc) is 2.75. The molecule has 3 nitrogen and oxygen atoms in total. The Morgan fingerprint density at radius 3 is 2.87 bits per heavy atom. The maximum Gasteiger partial charge on any atom is 0.0702 e. The van der Waals surface area contributed by atoms with E-state index in [1.165, 1.54) is 25.8 Å². The molecule has 0 aliphatic carbocycles. The standard InChI is InChI=1S/C12H26N2O/c1-3-13-8-6-9-14(4-2)11-12-7-5-10-15-12/h12-13H,3-11H2,1-2H3. The molecular formula is C12H26N2O. The molecule has 1 aliphatic heterocycles. The van der Waals surface area contributed by atoms with Crippen LogP contribution in [0.2, 0.25) is 0 Å².